The Hall–Kier alpha value is -3.56. The summed E-state index contributed by atoms with van der Waals surface area (Å²) in [6.07, 6.45) is -3.01. The molecule has 0 atom stereocenters. The molecule has 0 saturated heterocycles. The maximum atomic E-state index is 12.9. The molecule has 3 rings (SSSR count). The molecule has 0 unspecified atom stereocenters. The third kappa shape index (κ3) is 4.15. The Morgan fingerprint density at radius 3 is 2.52 bits per heavy atom. The van der Waals surface area contributed by atoms with Crippen molar-refractivity contribution in [2.24, 2.45) is 0 Å². The van der Waals surface area contributed by atoms with Gasteiger partial charge in [0.25, 0.3) is 0 Å². The molecule has 10 heteroatoms. The van der Waals surface area contributed by atoms with Gasteiger partial charge in [0.15, 0.2) is 0 Å². The van der Waals surface area contributed by atoms with Gasteiger partial charge in [-0.1, -0.05) is 6.08 Å². The fraction of sp³-hybridized carbons (Fsp3) is 0.211. The molecular weight excluding hydrogens is 391 g/mol. The smallest absolute Gasteiger partial charge is 0.416 e. The predicted octanol–water partition coefficient (Wildman–Crippen LogP) is 3.73. The van der Waals surface area contributed by atoms with Crippen LogP contribution in [0.2, 0.25) is 0 Å². The number of carboxylic acids is 1. The molecular formula is C19H16F3N3O4. The van der Waals surface area contributed by atoms with Gasteiger partial charge in [0.1, 0.15) is 28.2 Å². The first kappa shape index (κ1) is 20.2. The van der Waals surface area contributed by atoms with Crippen molar-refractivity contribution in [1.82, 2.24) is 15.0 Å². The van der Waals surface area contributed by atoms with Gasteiger partial charge in [0.2, 0.25) is 0 Å². The van der Waals surface area contributed by atoms with Crippen molar-refractivity contribution in [3.63, 3.8) is 0 Å². The molecule has 7 nitrogen and oxygen atoms in total. The Kier molecular flexibility index (Phi) is 5.19. The Morgan fingerprint density at radius 1 is 1.21 bits per heavy atom. The third-order valence-corrected chi connectivity index (χ3v) is 4.27. The van der Waals surface area contributed by atoms with Crippen molar-refractivity contribution >= 4 is 17.0 Å². The van der Waals surface area contributed by atoms with E-state index in [9.17, 15) is 23.1 Å². The van der Waals surface area contributed by atoms with E-state index in [4.69, 9.17) is 9.84 Å². The van der Waals surface area contributed by atoms with Gasteiger partial charge in [-0.25, -0.2) is 4.79 Å². The number of alkyl halides is 3. The summed E-state index contributed by atoms with van der Waals surface area (Å²) in [5, 5.41) is 27.7. The standard InChI is InChI=1S/C19H16F3N3O4/c1-10(18(27)28)3-4-11-7-13(29-2)9-16(17(11)26)25-23-14-6-5-12(19(20,21)22)8-15(14)24-25/h3,5-9,26H,4H2,1-2H3,(H,27,28)/b10-3+. The van der Waals surface area contributed by atoms with Crippen LogP contribution < -0.4 is 4.74 Å². The largest absolute Gasteiger partial charge is 0.505 e. The van der Waals surface area contributed by atoms with Crippen LogP contribution in [0.1, 0.15) is 18.1 Å². The molecule has 0 amide bonds. The molecule has 3 aromatic rings. The van der Waals surface area contributed by atoms with Gasteiger partial charge in [0, 0.05) is 17.2 Å². The summed E-state index contributed by atoms with van der Waals surface area (Å²) < 4.78 is 43.9. The molecule has 1 heterocycles. The lowest BCUT2D eigenvalue weighted by atomic mass is 10.1. The van der Waals surface area contributed by atoms with E-state index >= 15 is 0 Å². The number of aliphatic carboxylic acids is 1. The lowest BCUT2D eigenvalue weighted by Gasteiger charge is -2.11. The van der Waals surface area contributed by atoms with Crippen molar-refractivity contribution in [2.75, 3.05) is 7.11 Å². The minimum Gasteiger partial charge on any atom is -0.505 e. The number of phenols is 1. The van der Waals surface area contributed by atoms with Gasteiger partial charge in [0.05, 0.1) is 12.7 Å². The molecule has 2 aromatic carbocycles. The van der Waals surface area contributed by atoms with Crippen LogP contribution in [0.25, 0.3) is 16.7 Å². The summed E-state index contributed by atoms with van der Waals surface area (Å²) in [4.78, 5) is 12.0. The molecule has 0 bridgehead atoms. The number of aromatic hydroxyl groups is 1. The molecule has 1 aromatic heterocycles. The van der Waals surface area contributed by atoms with Crippen molar-refractivity contribution in [3.05, 3.63) is 53.1 Å². The van der Waals surface area contributed by atoms with Crippen LogP contribution in [0, 0.1) is 0 Å². The van der Waals surface area contributed by atoms with E-state index < -0.39 is 17.7 Å². The Balaban J connectivity index is 2.09. The molecule has 0 spiro atoms. The second kappa shape index (κ2) is 7.46. The lowest BCUT2D eigenvalue weighted by molar-refractivity contribution is -0.137. The fourth-order valence-corrected chi connectivity index (χ4v) is 2.62. The van der Waals surface area contributed by atoms with E-state index in [0.29, 0.717) is 11.3 Å². The first-order valence-electron chi connectivity index (χ1n) is 8.34. The SMILES string of the molecule is COc1cc(C/C=C(\C)C(=O)O)c(O)c(-n2nc3ccc(C(F)(F)F)cc3n2)c1. The van der Waals surface area contributed by atoms with Crippen LogP contribution >= 0.6 is 0 Å². The van der Waals surface area contributed by atoms with Crippen LogP contribution in [0.5, 0.6) is 11.5 Å². The number of nitrogens with zero attached hydrogens (tertiary/aromatic N) is 3. The van der Waals surface area contributed by atoms with Gasteiger partial charge < -0.3 is 14.9 Å². The number of phenolic OH excluding ortho intramolecular Hbond substituents is 1. The zero-order valence-electron chi connectivity index (χ0n) is 15.4. The van der Waals surface area contributed by atoms with E-state index in [2.05, 4.69) is 10.2 Å². The molecule has 29 heavy (non-hydrogen) atoms. The molecule has 0 aliphatic heterocycles. The molecule has 0 radical (unpaired) electrons. The van der Waals surface area contributed by atoms with Crippen molar-refractivity contribution in [3.8, 4) is 17.2 Å². The highest BCUT2D eigenvalue weighted by Crippen LogP contribution is 2.33. The molecule has 0 saturated carbocycles. The van der Waals surface area contributed by atoms with Crippen LogP contribution in [0.15, 0.2) is 42.0 Å². The van der Waals surface area contributed by atoms with Gasteiger partial charge in [-0.15, -0.1) is 15.0 Å². The molecule has 0 aliphatic rings. The number of allylic oxidation sites excluding steroid dienone is 1. The summed E-state index contributed by atoms with van der Waals surface area (Å²) in [6, 6.07) is 5.91. The summed E-state index contributed by atoms with van der Waals surface area (Å²) in [6.45, 7) is 1.42. The van der Waals surface area contributed by atoms with Crippen molar-refractivity contribution in [2.45, 2.75) is 19.5 Å². The summed E-state index contributed by atoms with van der Waals surface area (Å²) in [7, 11) is 1.40. The average Bonchev–Trinajstić information content (AvgIpc) is 3.09. The Bertz CT molecular complexity index is 1120. The van der Waals surface area contributed by atoms with Crippen molar-refractivity contribution in [1.29, 1.82) is 0 Å². The Morgan fingerprint density at radius 2 is 1.90 bits per heavy atom. The number of rotatable bonds is 5. The zero-order chi connectivity index (χ0) is 21.3. The van der Waals surface area contributed by atoms with Crippen LogP contribution in [-0.4, -0.2) is 38.3 Å². The summed E-state index contributed by atoms with van der Waals surface area (Å²) in [5.74, 6) is -0.990. The van der Waals surface area contributed by atoms with E-state index in [1.807, 2.05) is 0 Å². The van der Waals surface area contributed by atoms with Gasteiger partial charge in [-0.05, 0) is 37.6 Å². The second-order valence-electron chi connectivity index (χ2n) is 6.24. The quantitative estimate of drug-likeness (QED) is 0.626. The van der Waals surface area contributed by atoms with Gasteiger partial charge >= 0.3 is 12.1 Å². The van der Waals surface area contributed by atoms with Gasteiger partial charge in [-0.2, -0.15) is 13.2 Å². The third-order valence-electron chi connectivity index (χ3n) is 4.27. The van der Waals surface area contributed by atoms with E-state index in [1.54, 1.807) is 0 Å². The van der Waals surface area contributed by atoms with E-state index in [1.165, 1.54) is 38.3 Å². The minimum absolute atomic E-state index is 0.00483. The van der Waals surface area contributed by atoms with E-state index in [-0.39, 0.29) is 34.5 Å². The minimum atomic E-state index is -4.52. The zero-order valence-corrected chi connectivity index (χ0v) is 15.4. The maximum Gasteiger partial charge on any atom is 0.416 e. The average molecular weight is 407 g/mol. The van der Waals surface area contributed by atoms with Gasteiger partial charge in [-0.3, -0.25) is 0 Å². The highest BCUT2D eigenvalue weighted by Gasteiger charge is 2.31. The first-order valence-corrected chi connectivity index (χ1v) is 8.34. The number of carboxylic acid groups (broad SMARTS) is 1. The maximum absolute atomic E-state index is 12.9. The number of carbonyl (C=O) groups is 1. The van der Waals surface area contributed by atoms with Crippen molar-refractivity contribution < 1.29 is 32.9 Å². The fourth-order valence-electron chi connectivity index (χ4n) is 2.62. The Labute approximate surface area is 162 Å². The molecule has 152 valence electrons. The monoisotopic (exact) mass is 407 g/mol. The number of benzene rings is 2. The molecule has 2 N–H and O–H groups in total. The number of methoxy groups -OCH3 is 1. The summed E-state index contributed by atoms with van der Waals surface area (Å²) in [5.41, 5.74) is -0.116. The van der Waals surface area contributed by atoms with E-state index in [0.717, 1.165) is 16.9 Å². The summed E-state index contributed by atoms with van der Waals surface area (Å²) >= 11 is 0. The topological polar surface area (TPSA) is 97.5 Å². The van der Waals surface area contributed by atoms with Crippen LogP contribution in [0.4, 0.5) is 13.2 Å². The number of hydrogen-bond acceptors (Lipinski definition) is 5. The number of aromatic nitrogens is 3. The predicted molar refractivity (Wildman–Crippen MR) is 97.2 cm³/mol. The highest BCUT2D eigenvalue weighted by atomic mass is 19.4. The number of ether oxygens (including phenoxy) is 1. The second-order valence-corrected chi connectivity index (χ2v) is 6.24. The van der Waals surface area contributed by atoms with Crippen LogP contribution in [0.3, 0.4) is 0 Å². The highest BCUT2D eigenvalue weighted by molar-refractivity contribution is 5.85. The molecule has 0 fully saturated rings. The lowest BCUT2D eigenvalue weighted by Crippen LogP contribution is -2.04. The first-order chi connectivity index (χ1) is 13.6. The number of hydrogen-bond donors (Lipinski definition) is 2. The number of fused-ring (bicyclic) bond motifs is 1. The molecule has 0 aliphatic carbocycles. The van der Waals surface area contributed by atoms with Crippen LogP contribution in [-0.2, 0) is 17.4 Å². The number of halogens is 3. The normalized spacial score (nSPS) is 12.4.